The molecule has 3 N–H and O–H groups in total. The number of para-hydroxylation sites is 1. The quantitative estimate of drug-likeness (QED) is 0.502. The summed E-state index contributed by atoms with van der Waals surface area (Å²) in [5.74, 6) is 0.998. The minimum absolute atomic E-state index is 0.0755. The van der Waals surface area contributed by atoms with Gasteiger partial charge in [0.05, 0.1) is 17.2 Å². The number of amides is 1. The fraction of sp³-hybridized carbons (Fsp3) is 0.316. The number of rotatable bonds is 8. The van der Waals surface area contributed by atoms with Crippen LogP contribution in [0.1, 0.15) is 12.6 Å². The highest BCUT2D eigenvalue weighted by molar-refractivity contribution is 5.78. The first-order valence-electron chi connectivity index (χ1n) is 9.11. The second kappa shape index (κ2) is 8.94. The normalized spacial score (nSPS) is 10.6. The standard InChI is InChI=1S/C19H23N7O2/c1-3-20-19-24-13(2)10-16(25-19)21-8-9-22-17(27)11-26-12-23-15-7-5-4-6-14(15)18(26)28/h4-7,10,12H,3,8-9,11H2,1-2H3,(H,22,27)(H2,20,21,24,25). The summed E-state index contributed by atoms with van der Waals surface area (Å²) in [5, 5.41) is 9.50. The molecule has 1 amide bonds. The molecule has 2 aromatic heterocycles. The number of carbonyl (C=O) groups is 1. The molecule has 0 radical (unpaired) electrons. The number of hydrogen-bond acceptors (Lipinski definition) is 7. The molecular weight excluding hydrogens is 358 g/mol. The lowest BCUT2D eigenvalue weighted by Crippen LogP contribution is -2.35. The van der Waals surface area contributed by atoms with Crippen molar-refractivity contribution in [2.24, 2.45) is 0 Å². The lowest BCUT2D eigenvalue weighted by atomic mass is 10.2. The van der Waals surface area contributed by atoms with Crippen molar-refractivity contribution in [3.63, 3.8) is 0 Å². The molecule has 2 heterocycles. The molecule has 0 fully saturated rings. The Balaban J connectivity index is 1.51. The smallest absolute Gasteiger partial charge is 0.261 e. The van der Waals surface area contributed by atoms with Crippen LogP contribution in [0.2, 0.25) is 0 Å². The SMILES string of the molecule is CCNc1nc(C)cc(NCCNC(=O)Cn2cnc3ccccc3c2=O)n1. The van der Waals surface area contributed by atoms with Gasteiger partial charge >= 0.3 is 0 Å². The molecule has 146 valence electrons. The van der Waals surface area contributed by atoms with Crippen LogP contribution in [0.15, 0.2) is 41.5 Å². The maximum atomic E-state index is 12.4. The number of nitrogens with one attached hydrogen (secondary N) is 3. The molecule has 0 saturated heterocycles. The predicted octanol–water partition coefficient (Wildman–Crippen LogP) is 1.16. The van der Waals surface area contributed by atoms with Gasteiger partial charge in [-0.1, -0.05) is 12.1 Å². The third-order valence-corrected chi connectivity index (χ3v) is 3.99. The maximum Gasteiger partial charge on any atom is 0.261 e. The number of anilines is 2. The number of benzene rings is 1. The summed E-state index contributed by atoms with van der Waals surface area (Å²) in [5.41, 5.74) is 1.23. The lowest BCUT2D eigenvalue weighted by Gasteiger charge is -2.10. The molecule has 0 saturated carbocycles. The molecule has 9 heteroatoms. The summed E-state index contributed by atoms with van der Waals surface area (Å²) in [6.45, 7) is 5.43. The number of aromatic nitrogens is 4. The van der Waals surface area contributed by atoms with Gasteiger partial charge in [0.2, 0.25) is 11.9 Å². The average Bonchev–Trinajstić information content (AvgIpc) is 2.67. The van der Waals surface area contributed by atoms with E-state index in [-0.39, 0.29) is 18.0 Å². The fourth-order valence-corrected chi connectivity index (χ4v) is 2.72. The Bertz CT molecular complexity index is 1030. The largest absolute Gasteiger partial charge is 0.368 e. The summed E-state index contributed by atoms with van der Waals surface area (Å²) in [6, 6.07) is 8.90. The highest BCUT2D eigenvalue weighted by Crippen LogP contribution is 2.08. The van der Waals surface area contributed by atoms with Crippen LogP contribution in [0.4, 0.5) is 11.8 Å². The Hall–Kier alpha value is -3.49. The molecule has 0 aliphatic heterocycles. The highest BCUT2D eigenvalue weighted by atomic mass is 16.2. The van der Waals surface area contributed by atoms with Gasteiger partial charge in [-0.05, 0) is 26.0 Å². The van der Waals surface area contributed by atoms with Crippen molar-refractivity contribution < 1.29 is 4.79 Å². The predicted molar refractivity (Wildman–Crippen MR) is 108 cm³/mol. The molecule has 9 nitrogen and oxygen atoms in total. The Labute approximate surface area is 162 Å². The van der Waals surface area contributed by atoms with E-state index in [2.05, 4.69) is 30.9 Å². The van der Waals surface area contributed by atoms with Crippen molar-refractivity contribution in [3.8, 4) is 0 Å². The number of aryl methyl sites for hydroxylation is 1. The van der Waals surface area contributed by atoms with Crippen molar-refractivity contribution >= 4 is 28.6 Å². The van der Waals surface area contributed by atoms with Gasteiger partial charge in [0.15, 0.2) is 0 Å². The van der Waals surface area contributed by atoms with Crippen molar-refractivity contribution in [1.29, 1.82) is 0 Å². The Morgan fingerprint density at radius 2 is 1.96 bits per heavy atom. The average molecular weight is 381 g/mol. The summed E-state index contributed by atoms with van der Waals surface area (Å²) in [6.07, 6.45) is 1.40. The topological polar surface area (TPSA) is 114 Å². The minimum atomic E-state index is -0.256. The Kier molecular flexibility index (Phi) is 6.15. The van der Waals surface area contributed by atoms with Gasteiger partial charge in [-0.2, -0.15) is 4.98 Å². The van der Waals surface area contributed by atoms with Crippen LogP contribution < -0.4 is 21.5 Å². The molecule has 1 aromatic carbocycles. The van der Waals surface area contributed by atoms with E-state index in [1.807, 2.05) is 26.0 Å². The van der Waals surface area contributed by atoms with E-state index in [1.165, 1.54) is 10.9 Å². The van der Waals surface area contributed by atoms with E-state index in [9.17, 15) is 9.59 Å². The van der Waals surface area contributed by atoms with Crippen LogP contribution in [-0.2, 0) is 11.3 Å². The Morgan fingerprint density at radius 1 is 1.14 bits per heavy atom. The van der Waals surface area contributed by atoms with Gasteiger partial charge in [-0.25, -0.2) is 9.97 Å². The van der Waals surface area contributed by atoms with Crippen molar-refractivity contribution in [1.82, 2.24) is 24.8 Å². The van der Waals surface area contributed by atoms with Gasteiger partial charge in [0.1, 0.15) is 12.4 Å². The summed E-state index contributed by atoms with van der Waals surface area (Å²) >= 11 is 0. The zero-order valence-corrected chi connectivity index (χ0v) is 15.9. The van der Waals surface area contributed by atoms with Crippen molar-refractivity contribution in [2.45, 2.75) is 20.4 Å². The van der Waals surface area contributed by atoms with Gasteiger partial charge in [-0.3, -0.25) is 14.2 Å². The molecular formula is C19H23N7O2. The molecule has 0 atom stereocenters. The first-order chi connectivity index (χ1) is 13.6. The van der Waals surface area contributed by atoms with Gasteiger partial charge in [0, 0.05) is 31.4 Å². The molecule has 0 spiro atoms. The molecule has 0 aliphatic carbocycles. The first kappa shape index (κ1) is 19.3. The molecule has 0 bridgehead atoms. The maximum absolute atomic E-state index is 12.4. The number of carbonyl (C=O) groups excluding carboxylic acids is 1. The van der Waals surface area contributed by atoms with Crippen LogP contribution in [-0.4, -0.2) is 45.1 Å². The van der Waals surface area contributed by atoms with Crippen LogP contribution >= 0.6 is 0 Å². The van der Waals surface area contributed by atoms with Gasteiger partial charge in [-0.15, -0.1) is 0 Å². The van der Waals surface area contributed by atoms with Crippen LogP contribution in [0, 0.1) is 6.92 Å². The highest BCUT2D eigenvalue weighted by Gasteiger charge is 2.07. The third-order valence-electron chi connectivity index (χ3n) is 3.99. The third kappa shape index (κ3) is 4.81. The monoisotopic (exact) mass is 381 g/mol. The molecule has 3 rings (SSSR count). The summed E-state index contributed by atoms with van der Waals surface area (Å²) in [7, 11) is 0. The summed E-state index contributed by atoms with van der Waals surface area (Å²) < 4.78 is 1.31. The van der Waals surface area contributed by atoms with Gasteiger partial charge in [0.25, 0.3) is 5.56 Å². The molecule has 28 heavy (non-hydrogen) atoms. The fourth-order valence-electron chi connectivity index (χ4n) is 2.72. The zero-order valence-electron chi connectivity index (χ0n) is 15.9. The zero-order chi connectivity index (χ0) is 19.9. The molecule has 0 unspecified atom stereocenters. The number of nitrogens with zero attached hydrogens (tertiary/aromatic N) is 4. The first-order valence-corrected chi connectivity index (χ1v) is 9.11. The molecule has 0 aliphatic rings. The molecule has 3 aromatic rings. The van der Waals surface area contributed by atoms with E-state index in [0.29, 0.717) is 35.8 Å². The van der Waals surface area contributed by atoms with E-state index in [4.69, 9.17) is 0 Å². The summed E-state index contributed by atoms with van der Waals surface area (Å²) in [4.78, 5) is 37.4. The van der Waals surface area contributed by atoms with Crippen LogP contribution in [0.5, 0.6) is 0 Å². The minimum Gasteiger partial charge on any atom is -0.368 e. The second-order valence-electron chi connectivity index (χ2n) is 6.22. The number of fused-ring (bicyclic) bond motifs is 1. The van der Waals surface area contributed by atoms with E-state index < -0.39 is 0 Å². The van der Waals surface area contributed by atoms with E-state index in [1.54, 1.807) is 18.2 Å². The van der Waals surface area contributed by atoms with E-state index in [0.717, 1.165) is 12.2 Å². The van der Waals surface area contributed by atoms with Crippen molar-refractivity contribution in [3.05, 3.63) is 52.7 Å². The second-order valence-corrected chi connectivity index (χ2v) is 6.22. The Morgan fingerprint density at radius 3 is 2.79 bits per heavy atom. The lowest BCUT2D eigenvalue weighted by molar-refractivity contribution is -0.121. The van der Waals surface area contributed by atoms with Crippen molar-refractivity contribution in [2.75, 3.05) is 30.3 Å². The van der Waals surface area contributed by atoms with Crippen LogP contribution in [0.3, 0.4) is 0 Å². The van der Waals surface area contributed by atoms with Gasteiger partial charge < -0.3 is 16.0 Å². The van der Waals surface area contributed by atoms with E-state index >= 15 is 0 Å². The van der Waals surface area contributed by atoms with Crippen LogP contribution in [0.25, 0.3) is 10.9 Å². The number of hydrogen-bond donors (Lipinski definition) is 3.